The number of aliphatic imine (C=N–C) groups is 1. The Kier molecular flexibility index (Phi) is 10.3. The third-order valence-corrected chi connectivity index (χ3v) is 4.03. The molecule has 5 nitrogen and oxygen atoms in total. The van der Waals surface area contributed by atoms with E-state index in [4.69, 9.17) is 0 Å². The van der Waals surface area contributed by atoms with Crippen molar-refractivity contribution >= 4 is 29.9 Å². The summed E-state index contributed by atoms with van der Waals surface area (Å²) < 4.78 is 2.06. The average Bonchev–Trinajstić information content (AvgIpc) is 2.89. The Balaban J connectivity index is 0.00000338. The van der Waals surface area contributed by atoms with Gasteiger partial charge in [0.1, 0.15) is 0 Å². The van der Waals surface area contributed by atoms with E-state index in [-0.39, 0.29) is 24.0 Å². The number of benzene rings is 1. The van der Waals surface area contributed by atoms with Crippen LogP contribution in [0.4, 0.5) is 0 Å². The van der Waals surface area contributed by atoms with Gasteiger partial charge in [-0.2, -0.15) is 5.10 Å². The van der Waals surface area contributed by atoms with E-state index in [1.54, 1.807) is 0 Å². The van der Waals surface area contributed by atoms with Gasteiger partial charge in [0.25, 0.3) is 0 Å². The van der Waals surface area contributed by atoms with Crippen LogP contribution in [0.25, 0.3) is 0 Å². The first-order chi connectivity index (χ1) is 12.1. The molecule has 0 saturated carbocycles. The highest BCUT2D eigenvalue weighted by molar-refractivity contribution is 14.0. The first kappa shape index (κ1) is 22.5. The van der Waals surface area contributed by atoms with Crippen molar-refractivity contribution in [2.45, 2.75) is 47.1 Å². The molecule has 0 bridgehead atoms. The van der Waals surface area contributed by atoms with Crippen molar-refractivity contribution in [3.63, 3.8) is 0 Å². The van der Waals surface area contributed by atoms with Gasteiger partial charge in [0.05, 0.1) is 5.69 Å². The lowest BCUT2D eigenvalue weighted by molar-refractivity contribution is 0.567. The van der Waals surface area contributed by atoms with Crippen LogP contribution in [0.5, 0.6) is 0 Å². The van der Waals surface area contributed by atoms with Crippen LogP contribution in [0, 0.1) is 20.8 Å². The second kappa shape index (κ2) is 11.9. The number of nitrogens with zero attached hydrogens (tertiary/aromatic N) is 3. The molecule has 2 N–H and O–H groups in total. The van der Waals surface area contributed by atoms with Gasteiger partial charge < -0.3 is 10.6 Å². The molecule has 1 heterocycles. The molecule has 0 radical (unpaired) electrons. The fourth-order valence-electron chi connectivity index (χ4n) is 2.85. The molecule has 6 heteroatoms. The lowest BCUT2D eigenvalue weighted by atomic mass is 10.1. The molecule has 0 saturated heterocycles. The van der Waals surface area contributed by atoms with E-state index in [1.165, 1.54) is 16.8 Å². The van der Waals surface area contributed by atoms with Crippen molar-refractivity contribution in [3.05, 3.63) is 52.8 Å². The zero-order chi connectivity index (χ0) is 18.1. The van der Waals surface area contributed by atoms with Gasteiger partial charge in [-0.15, -0.1) is 24.0 Å². The van der Waals surface area contributed by atoms with Crippen LogP contribution in [0.1, 0.15) is 35.9 Å². The smallest absolute Gasteiger partial charge is 0.191 e. The molecule has 0 aliphatic heterocycles. The first-order valence-electron chi connectivity index (χ1n) is 9.17. The van der Waals surface area contributed by atoms with E-state index < -0.39 is 0 Å². The summed E-state index contributed by atoms with van der Waals surface area (Å²) in [5.41, 5.74) is 4.95. The summed E-state index contributed by atoms with van der Waals surface area (Å²) in [6, 6.07) is 10.8. The fraction of sp³-hybridized carbons (Fsp3) is 0.500. The normalized spacial score (nSPS) is 11.2. The topological polar surface area (TPSA) is 54.2 Å². The van der Waals surface area contributed by atoms with Crippen molar-refractivity contribution in [3.8, 4) is 0 Å². The van der Waals surface area contributed by atoms with Crippen molar-refractivity contribution in [2.75, 3.05) is 19.6 Å². The van der Waals surface area contributed by atoms with E-state index in [0.717, 1.165) is 50.7 Å². The lowest BCUT2D eigenvalue weighted by Crippen LogP contribution is -2.38. The minimum atomic E-state index is 0. The Morgan fingerprint density at radius 3 is 2.62 bits per heavy atom. The third-order valence-electron chi connectivity index (χ3n) is 4.03. The van der Waals surface area contributed by atoms with Crippen LogP contribution >= 0.6 is 24.0 Å². The maximum atomic E-state index is 4.67. The van der Waals surface area contributed by atoms with Crippen LogP contribution in [0.2, 0.25) is 0 Å². The maximum absolute atomic E-state index is 4.67. The van der Waals surface area contributed by atoms with Gasteiger partial charge in [0, 0.05) is 31.9 Å². The highest BCUT2D eigenvalue weighted by Crippen LogP contribution is 2.04. The van der Waals surface area contributed by atoms with Crippen LogP contribution in [0.15, 0.2) is 35.3 Å². The standard InChI is InChI=1S/C20H31N5.HI/c1-5-21-20(23-12-10-19-9-6-8-16(2)14-19)22-11-7-13-25-18(4)15-17(3)24-25;/h6,8-9,14-15H,5,7,10-13H2,1-4H3,(H2,21,22,23);1H. The Hall–Kier alpha value is -1.57. The number of rotatable bonds is 8. The van der Waals surface area contributed by atoms with Gasteiger partial charge in [-0.05, 0) is 52.2 Å². The summed E-state index contributed by atoms with van der Waals surface area (Å²) in [5, 5.41) is 11.2. The number of guanidine groups is 1. The van der Waals surface area contributed by atoms with Gasteiger partial charge in [0.2, 0.25) is 0 Å². The largest absolute Gasteiger partial charge is 0.357 e. The number of hydrogen-bond acceptors (Lipinski definition) is 2. The molecule has 0 fully saturated rings. The number of hydrogen-bond donors (Lipinski definition) is 2. The Morgan fingerprint density at radius 2 is 1.96 bits per heavy atom. The van der Waals surface area contributed by atoms with Gasteiger partial charge >= 0.3 is 0 Å². The summed E-state index contributed by atoms with van der Waals surface area (Å²) in [4.78, 5) is 4.67. The quantitative estimate of drug-likeness (QED) is 0.269. The molecular weight excluding hydrogens is 437 g/mol. The fourth-order valence-corrected chi connectivity index (χ4v) is 2.85. The Labute approximate surface area is 174 Å². The predicted octanol–water partition coefficient (Wildman–Crippen LogP) is 3.61. The summed E-state index contributed by atoms with van der Waals surface area (Å²) in [5.74, 6) is 0.892. The summed E-state index contributed by atoms with van der Waals surface area (Å²) in [7, 11) is 0. The predicted molar refractivity (Wildman–Crippen MR) is 121 cm³/mol. The second-order valence-electron chi connectivity index (χ2n) is 6.43. The number of aromatic nitrogens is 2. The zero-order valence-electron chi connectivity index (χ0n) is 16.4. The molecule has 2 aromatic rings. The number of nitrogens with one attached hydrogen (secondary N) is 2. The third kappa shape index (κ3) is 7.76. The SMILES string of the molecule is CCNC(=NCCCn1nc(C)cc1C)NCCc1cccc(C)c1.I. The van der Waals surface area contributed by atoms with Crippen molar-refractivity contribution in [1.82, 2.24) is 20.4 Å². The van der Waals surface area contributed by atoms with Crippen LogP contribution < -0.4 is 10.6 Å². The number of halogens is 1. The summed E-state index contributed by atoms with van der Waals surface area (Å²) in [6.45, 7) is 11.8. The van der Waals surface area contributed by atoms with Crippen LogP contribution in [-0.2, 0) is 13.0 Å². The monoisotopic (exact) mass is 469 g/mol. The second-order valence-corrected chi connectivity index (χ2v) is 6.43. The first-order valence-corrected chi connectivity index (χ1v) is 9.17. The zero-order valence-corrected chi connectivity index (χ0v) is 18.7. The molecule has 0 amide bonds. The summed E-state index contributed by atoms with van der Waals surface area (Å²) in [6.07, 6.45) is 1.98. The highest BCUT2D eigenvalue weighted by atomic mass is 127. The molecule has 1 aromatic heterocycles. The van der Waals surface area contributed by atoms with E-state index in [2.05, 4.69) is 76.5 Å². The minimum Gasteiger partial charge on any atom is -0.357 e. The van der Waals surface area contributed by atoms with E-state index in [0.29, 0.717) is 0 Å². The van der Waals surface area contributed by atoms with E-state index in [9.17, 15) is 0 Å². The lowest BCUT2D eigenvalue weighted by Gasteiger charge is -2.11. The van der Waals surface area contributed by atoms with Gasteiger partial charge in [-0.1, -0.05) is 29.8 Å². The van der Waals surface area contributed by atoms with Crippen LogP contribution in [-0.4, -0.2) is 35.4 Å². The molecule has 0 unspecified atom stereocenters. The van der Waals surface area contributed by atoms with Crippen molar-refractivity contribution < 1.29 is 0 Å². The molecule has 0 atom stereocenters. The van der Waals surface area contributed by atoms with Gasteiger partial charge in [0.15, 0.2) is 5.96 Å². The average molecular weight is 469 g/mol. The minimum absolute atomic E-state index is 0. The number of aryl methyl sites for hydroxylation is 4. The molecule has 1 aromatic carbocycles. The Morgan fingerprint density at radius 1 is 1.15 bits per heavy atom. The van der Waals surface area contributed by atoms with Gasteiger partial charge in [-0.25, -0.2) is 0 Å². The van der Waals surface area contributed by atoms with Crippen molar-refractivity contribution in [1.29, 1.82) is 0 Å². The van der Waals surface area contributed by atoms with E-state index >= 15 is 0 Å². The molecule has 2 rings (SSSR count). The highest BCUT2D eigenvalue weighted by Gasteiger charge is 2.01. The maximum Gasteiger partial charge on any atom is 0.191 e. The van der Waals surface area contributed by atoms with Gasteiger partial charge in [-0.3, -0.25) is 9.67 Å². The molecular formula is C20H32IN5. The Bertz CT molecular complexity index is 693. The molecule has 26 heavy (non-hydrogen) atoms. The van der Waals surface area contributed by atoms with Crippen molar-refractivity contribution in [2.24, 2.45) is 4.99 Å². The van der Waals surface area contributed by atoms with Crippen LogP contribution in [0.3, 0.4) is 0 Å². The molecule has 0 aliphatic carbocycles. The molecule has 0 spiro atoms. The van der Waals surface area contributed by atoms with E-state index in [1.807, 2.05) is 6.92 Å². The molecule has 144 valence electrons. The molecule has 0 aliphatic rings. The summed E-state index contributed by atoms with van der Waals surface area (Å²) >= 11 is 0.